The molecule has 4 heteroatoms. The fourth-order valence-electron chi connectivity index (χ4n) is 1.40. The molecule has 0 unspecified atom stereocenters. The van der Waals surface area contributed by atoms with E-state index in [2.05, 4.69) is 15.4 Å². The van der Waals surface area contributed by atoms with E-state index in [4.69, 9.17) is 0 Å². The molecule has 0 saturated carbocycles. The topological polar surface area (TPSA) is 42.7 Å². The lowest BCUT2D eigenvalue weighted by molar-refractivity contribution is 0.747. The van der Waals surface area contributed by atoms with E-state index in [1.54, 1.807) is 10.9 Å². The summed E-state index contributed by atoms with van der Waals surface area (Å²) in [4.78, 5) is 4.25. The highest BCUT2D eigenvalue weighted by atomic mass is 15.3. The van der Waals surface area contributed by atoms with Gasteiger partial charge in [0, 0.05) is 19.4 Å². The molecule has 0 spiro atoms. The SMILES string of the molecule is Cc1cccnc1NCc1ccn(C)n1. The molecule has 15 heavy (non-hydrogen) atoms. The number of nitrogens with zero attached hydrogens (tertiary/aromatic N) is 3. The van der Waals surface area contributed by atoms with E-state index >= 15 is 0 Å². The Kier molecular flexibility index (Phi) is 2.67. The van der Waals surface area contributed by atoms with Crippen LogP contribution in [0.1, 0.15) is 11.3 Å². The van der Waals surface area contributed by atoms with Gasteiger partial charge in [-0.3, -0.25) is 4.68 Å². The molecule has 0 atom stereocenters. The molecule has 0 aromatic carbocycles. The maximum atomic E-state index is 4.28. The molecule has 0 fully saturated rings. The largest absolute Gasteiger partial charge is 0.364 e. The van der Waals surface area contributed by atoms with Crippen molar-refractivity contribution in [2.75, 3.05) is 5.32 Å². The van der Waals surface area contributed by atoms with Gasteiger partial charge in [-0.2, -0.15) is 5.10 Å². The van der Waals surface area contributed by atoms with E-state index < -0.39 is 0 Å². The van der Waals surface area contributed by atoms with Gasteiger partial charge in [-0.05, 0) is 24.6 Å². The number of aryl methyl sites for hydroxylation is 2. The first-order valence-electron chi connectivity index (χ1n) is 4.90. The van der Waals surface area contributed by atoms with Crippen LogP contribution in [-0.4, -0.2) is 14.8 Å². The van der Waals surface area contributed by atoms with Crippen molar-refractivity contribution >= 4 is 5.82 Å². The van der Waals surface area contributed by atoms with Crippen molar-refractivity contribution in [1.82, 2.24) is 14.8 Å². The maximum absolute atomic E-state index is 4.28. The van der Waals surface area contributed by atoms with Crippen LogP contribution in [0.25, 0.3) is 0 Å². The van der Waals surface area contributed by atoms with Gasteiger partial charge in [0.05, 0.1) is 12.2 Å². The third kappa shape index (κ3) is 2.34. The summed E-state index contributed by atoms with van der Waals surface area (Å²) in [6, 6.07) is 5.96. The Labute approximate surface area is 89.0 Å². The first-order chi connectivity index (χ1) is 7.25. The molecular weight excluding hydrogens is 188 g/mol. The van der Waals surface area contributed by atoms with Gasteiger partial charge in [0.2, 0.25) is 0 Å². The molecule has 1 N–H and O–H groups in total. The Morgan fingerprint density at radius 1 is 1.40 bits per heavy atom. The average Bonchev–Trinajstić information content (AvgIpc) is 2.63. The Hall–Kier alpha value is -1.84. The van der Waals surface area contributed by atoms with Crippen molar-refractivity contribution in [3.05, 3.63) is 41.9 Å². The minimum absolute atomic E-state index is 0.707. The Balaban J connectivity index is 2.02. The molecule has 0 aliphatic rings. The van der Waals surface area contributed by atoms with Gasteiger partial charge >= 0.3 is 0 Å². The minimum atomic E-state index is 0.707. The third-order valence-electron chi connectivity index (χ3n) is 2.22. The molecule has 0 aliphatic heterocycles. The van der Waals surface area contributed by atoms with E-state index in [9.17, 15) is 0 Å². The molecule has 2 rings (SSSR count). The second-order valence-corrected chi connectivity index (χ2v) is 3.50. The Bertz CT molecular complexity index is 447. The molecule has 78 valence electrons. The fourth-order valence-corrected chi connectivity index (χ4v) is 1.40. The van der Waals surface area contributed by atoms with Crippen LogP contribution in [0.3, 0.4) is 0 Å². The standard InChI is InChI=1S/C11H14N4/c1-9-4-3-6-12-11(9)13-8-10-5-7-15(2)14-10/h3-7H,8H2,1-2H3,(H,12,13). The van der Waals surface area contributed by atoms with Crippen LogP contribution in [0.2, 0.25) is 0 Å². The number of rotatable bonds is 3. The fraction of sp³-hybridized carbons (Fsp3) is 0.273. The quantitative estimate of drug-likeness (QED) is 0.824. The highest BCUT2D eigenvalue weighted by molar-refractivity contribution is 5.42. The van der Waals surface area contributed by atoms with Crippen LogP contribution >= 0.6 is 0 Å². The zero-order valence-corrected chi connectivity index (χ0v) is 8.94. The zero-order valence-electron chi connectivity index (χ0n) is 8.94. The lowest BCUT2D eigenvalue weighted by Crippen LogP contribution is -2.03. The number of hydrogen-bond donors (Lipinski definition) is 1. The molecule has 0 bridgehead atoms. The number of nitrogens with one attached hydrogen (secondary N) is 1. The average molecular weight is 202 g/mol. The molecule has 0 radical (unpaired) electrons. The van der Waals surface area contributed by atoms with Gasteiger partial charge in [0.15, 0.2) is 0 Å². The Morgan fingerprint density at radius 2 is 2.27 bits per heavy atom. The number of pyridine rings is 1. The lowest BCUT2D eigenvalue weighted by atomic mass is 10.3. The zero-order chi connectivity index (χ0) is 10.7. The maximum Gasteiger partial charge on any atom is 0.129 e. The molecule has 2 aromatic rings. The van der Waals surface area contributed by atoms with Crippen molar-refractivity contribution in [2.24, 2.45) is 7.05 Å². The van der Waals surface area contributed by atoms with E-state index in [0.29, 0.717) is 6.54 Å². The number of hydrogen-bond acceptors (Lipinski definition) is 3. The summed E-state index contributed by atoms with van der Waals surface area (Å²) in [5, 5.41) is 7.54. The molecule has 0 amide bonds. The van der Waals surface area contributed by atoms with Gasteiger partial charge in [0.1, 0.15) is 5.82 Å². The smallest absolute Gasteiger partial charge is 0.129 e. The molecule has 2 heterocycles. The minimum Gasteiger partial charge on any atom is -0.364 e. The van der Waals surface area contributed by atoms with Crippen molar-refractivity contribution in [3.8, 4) is 0 Å². The molecule has 2 aromatic heterocycles. The number of aromatic nitrogens is 3. The van der Waals surface area contributed by atoms with Gasteiger partial charge in [0.25, 0.3) is 0 Å². The summed E-state index contributed by atoms with van der Waals surface area (Å²) in [5.41, 5.74) is 2.16. The highest BCUT2D eigenvalue weighted by Gasteiger charge is 1.99. The summed E-state index contributed by atoms with van der Waals surface area (Å²) in [6.07, 6.45) is 3.72. The highest BCUT2D eigenvalue weighted by Crippen LogP contribution is 2.10. The van der Waals surface area contributed by atoms with Crippen molar-refractivity contribution in [3.63, 3.8) is 0 Å². The summed E-state index contributed by atoms with van der Waals surface area (Å²) < 4.78 is 1.79. The third-order valence-corrected chi connectivity index (χ3v) is 2.22. The van der Waals surface area contributed by atoms with Gasteiger partial charge in [-0.15, -0.1) is 0 Å². The van der Waals surface area contributed by atoms with Gasteiger partial charge in [-0.25, -0.2) is 4.98 Å². The summed E-state index contributed by atoms with van der Waals surface area (Å²) >= 11 is 0. The van der Waals surface area contributed by atoms with E-state index in [0.717, 1.165) is 17.1 Å². The van der Waals surface area contributed by atoms with Crippen LogP contribution in [0, 0.1) is 6.92 Å². The molecular formula is C11H14N4. The van der Waals surface area contributed by atoms with Gasteiger partial charge in [-0.1, -0.05) is 6.07 Å². The first-order valence-corrected chi connectivity index (χ1v) is 4.90. The lowest BCUT2D eigenvalue weighted by Gasteiger charge is -2.05. The van der Waals surface area contributed by atoms with E-state index in [1.165, 1.54) is 0 Å². The number of anilines is 1. The Morgan fingerprint density at radius 3 is 2.93 bits per heavy atom. The normalized spacial score (nSPS) is 10.3. The van der Waals surface area contributed by atoms with Crippen molar-refractivity contribution in [2.45, 2.75) is 13.5 Å². The van der Waals surface area contributed by atoms with E-state index in [-0.39, 0.29) is 0 Å². The summed E-state index contributed by atoms with van der Waals surface area (Å²) in [6.45, 7) is 2.74. The van der Waals surface area contributed by atoms with Crippen molar-refractivity contribution in [1.29, 1.82) is 0 Å². The van der Waals surface area contributed by atoms with Crippen LogP contribution in [0.15, 0.2) is 30.6 Å². The first kappa shape index (κ1) is 9.71. The van der Waals surface area contributed by atoms with Crippen LogP contribution in [0.4, 0.5) is 5.82 Å². The molecule has 4 nitrogen and oxygen atoms in total. The van der Waals surface area contributed by atoms with E-state index in [1.807, 2.05) is 38.4 Å². The van der Waals surface area contributed by atoms with Gasteiger partial charge < -0.3 is 5.32 Å². The predicted octanol–water partition coefficient (Wildman–Crippen LogP) is 1.74. The molecule has 0 aliphatic carbocycles. The monoisotopic (exact) mass is 202 g/mol. The predicted molar refractivity (Wildman–Crippen MR) is 59.5 cm³/mol. The van der Waals surface area contributed by atoms with Crippen LogP contribution in [0.5, 0.6) is 0 Å². The second-order valence-electron chi connectivity index (χ2n) is 3.50. The second kappa shape index (κ2) is 4.13. The van der Waals surface area contributed by atoms with Crippen molar-refractivity contribution < 1.29 is 0 Å². The van der Waals surface area contributed by atoms with Crippen LogP contribution in [-0.2, 0) is 13.6 Å². The summed E-state index contributed by atoms with van der Waals surface area (Å²) in [5.74, 6) is 0.920. The van der Waals surface area contributed by atoms with Crippen LogP contribution < -0.4 is 5.32 Å². The molecule has 0 saturated heterocycles. The summed E-state index contributed by atoms with van der Waals surface area (Å²) in [7, 11) is 1.91.